The van der Waals surface area contributed by atoms with Crippen LogP contribution in [0.3, 0.4) is 0 Å². The lowest BCUT2D eigenvalue weighted by Crippen LogP contribution is -2.49. The standard InChI is InChI=1S/C15H21N7O3S/c1-15(2,3)16-14(23)22-7-6-10-4-5-12(8-11(10)9-22)26(24,25)19-13-17-20-21-18-13/h4-5,8H,6-7,9H2,1-3H3,(H,16,23)(H2,17,18,19,20,21). The molecular formula is C15H21N7O3S. The zero-order chi connectivity index (χ0) is 18.9. The molecule has 0 spiro atoms. The molecule has 2 heterocycles. The molecule has 140 valence electrons. The molecular weight excluding hydrogens is 358 g/mol. The molecule has 2 aromatic rings. The van der Waals surface area contributed by atoms with Crippen molar-refractivity contribution >= 4 is 22.0 Å². The largest absolute Gasteiger partial charge is 0.333 e. The van der Waals surface area contributed by atoms with E-state index in [2.05, 4.69) is 30.7 Å². The highest BCUT2D eigenvalue weighted by Gasteiger charge is 2.25. The van der Waals surface area contributed by atoms with Crippen LogP contribution in [0, 0.1) is 0 Å². The first-order chi connectivity index (χ1) is 12.1. The molecule has 26 heavy (non-hydrogen) atoms. The number of hydrogen-bond acceptors (Lipinski definition) is 6. The first kappa shape index (κ1) is 18.1. The number of fused-ring (bicyclic) bond motifs is 1. The van der Waals surface area contributed by atoms with Crippen LogP contribution in [0.15, 0.2) is 23.1 Å². The Morgan fingerprint density at radius 2 is 2.04 bits per heavy atom. The number of aromatic amines is 1. The summed E-state index contributed by atoms with van der Waals surface area (Å²) in [7, 11) is -3.84. The summed E-state index contributed by atoms with van der Waals surface area (Å²) in [6.45, 7) is 6.68. The molecule has 0 atom stereocenters. The smallest absolute Gasteiger partial charge is 0.318 e. The highest BCUT2D eigenvalue weighted by atomic mass is 32.2. The zero-order valence-electron chi connectivity index (χ0n) is 14.8. The maximum atomic E-state index is 12.5. The molecule has 0 unspecified atom stereocenters. The van der Waals surface area contributed by atoms with Gasteiger partial charge in [-0.1, -0.05) is 11.2 Å². The molecule has 3 rings (SSSR count). The molecule has 0 saturated carbocycles. The number of tetrazole rings is 1. The van der Waals surface area contributed by atoms with Gasteiger partial charge in [0.25, 0.3) is 16.0 Å². The van der Waals surface area contributed by atoms with Crippen molar-refractivity contribution in [2.75, 3.05) is 11.3 Å². The number of carbonyl (C=O) groups is 1. The van der Waals surface area contributed by atoms with Crippen LogP contribution >= 0.6 is 0 Å². The predicted octanol–water partition coefficient (Wildman–Crippen LogP) is 0.867. The van der Waals surface area contributed by atoms with E-state index in [9.17, 15) is 13.2 Å². The van der Waals surface area contributed by atoms with E-state index in [0.717, 1.165) is 11.1 Å². The zero-order valence-corrected chi connectivity index (χ0v) is 15.6. The molecule has 2 amide bonds. The third-order valence-corrected chi connectivity index (χ3v) is 5.17. The number of anilines is 1. The number of nitrogens with one attached hydrogen (secondary N) is 3. The molecule has 3 N–H and O–H groups in total. The van der Waals surface area contributed by atoms with Gasteiger partial charge in [-0.05, 0) is 55.7 Å². The summed E-state index contributed by atoms with van der Waals surface area (Å²) >= 11 is 0. The van der Waals surface area contributed by atoms with Crippen LogP contribution in [0.1, 0.15) is 31.9 Å². The van der Waals surface area contributed by atoms with Gasteiger partial charge in [-0.25, -0.2) is 17.9 Å². The van der Waals surface area contributed by atoms with E-state index in [0.29, 0.717) is 19.5 Å². The molecule has 11 heteroatoms. The first-order valence-electron chi connectivity index (χ1n) is 8.09. The van der Waals surface area contributed by atoms with Crippen LogP contribution in [0.4, 0.5) is 10.7 Å². The average molecular weight is 379 g/mol. The van der Waals surface area contributed by atoms with Gasteiger partial charge in [0, 0.05) is 18.6 Å². The molecule has 1 aromatic carbocycles. The third kappa shape index (κ3) is 4.10. The van der Waals surface area contributed by atoms with Crippen LogP contribution < -0.4 is 10.0 Å². The summed E-state index contributed by atoms with van der Waals surface area (Å²) in [5, 5.41) is 15.6. The first-order valence-corrected chi connectivity index (χ1v) is 9.57. The summed E-state index contributed by atoms with van der Waals surface area (Å²) in [4.78, 5) is 14.1. The molecule has 0 radical (unpaired) electrons. The van der Waals surface area contributed by atoms with Crippen LogP contribution in [0.5, 0.6) is 0 Å². The maximum absolute atomic E-state index is 12.5. The summed E-state index contributed by atoms with van der Waals surface area (Å²) < 4.78 is 27.2. The van der Waals surface area contributed by atoms with E-state index in [4.69, 9.17) is 0 Å². The number of nitrogens with zero attached hydrogens (tertiary/aromatic N) is 4. The van der Waals surface area contributed by atoms with E-state index >= 15 is 0 Å². The predicted molar refractivity (Wildman–Crippen MR) is 93.8 cm³/mol. The topological polar surface area (TPSA) is 133 Å². The van der Waals surface area contributed by atoms with Crippen molar-refractivity contribution in [2.24, 2.45) is 0 Å². The van der Waals surface area contributed by atoms with E-state index < -0.39 is 10.0 Å². The normalized spacial score (nSPS) is 14.7. The monoisotopic (exact) mass is 379 g/mol. The second-order valence-electron chi connectivity index (χ2n) is 7.12. The van der Waals surface area contributed by atoms with Crippen LogP contribution in [0.2, 0.25) is 0 Å². The molecule has 0 bridgehead atoms. The lowest BCUT2D eigenvalue weighted by Gasteiger charge is -2.32. The quantitative estimate of drug-likeness (QED) is 0.725. The van der Waals surface area contributed by atoms with Crippen molar-refractivity contribution < 1.29 is 13.2 Å². The Hall–Kier alpha value is -2.69. The maximum Gasteiger partial charge on any atom is 0.318 e. The Kier molecular flexibility index (Phi) is 4.57. The Balaban J connectivity index is 1.80. The molecule has 1 aromatic heterocycles. The average Bonchev–Trinajstić information content (AvgIpc) is 3.04. The summed E-state index contributed by atoms with van der Waals surface area (Å²) in [5.74, 6) is -0.131. The van der Waals surface area contributed by atoms with Crippen molar-refractivity contribution in [1.82, 2.24) is 30.8 Å². The van der Waals surface area contributed by atoms with Gasteiger partial charge < -0.3 is 10.2 Å². The van der Waals surface area contributed by atoms with E-state index in [1.165, 1.54) is 6.07 Å². The number of aromatic nitrogens is 4. The van der Waals surface area contributed by atoms with Gasteiger partial charge >= 0.3 is 6.03 Å². The van der Waals surface area contributed by atoms with Gasteiger partial charge in [-0.15, -0.1) is 5.10 Å². The number of urea groups is 1. The number of carbonyl (C=O) groups excluding carboxylic acids is 1. The van der Waals surface area contributed by atoms with E-state index in [-0.39, 0.29) is 22.4 Å². The molecule has 0 aliphatic carbocycles. The van der Waals surface area contributed by atoms with Crippen molar-refractivity contribution in [3.05, 3.63) is 29.3 Å². The van der Waals surface area contributed by atoms with Crippen molar-refractivity contribution in [3.8, 4) is 0 Å². The molecule has 1 aliphatic heterocycles. The SMILES string of the molecule is CC(C)(C)NC(=O)N1CCc2ccc(S(=O)(=O)Nc3nn[nH]n3)cc2C1. The van der Waals surface area contributed by atoms with Crippen LogP contribution in [0.25, 0.3) is 0 Å². The Morgan fingerprint density at radius 3 is 2.69 bits per heavy atom. The highest BCUT2D eigenvalue weighted by molar-refractivity contribution is 7.92. The van der Waals surface area contributed by atoms with Crippen molar-refractivity contribution in [2.45, 2.75) is 44.2 Å². The number of benzene rings is 1. The fraction of sp³-hybridized carbons (Fsp3) is 0.467. The van der Waals surface area contributed by atoms with Gasteiger partial charge in [-0.3, -0.25) is 0 Å². The summed E-state index contributed by atoms with van der Waals surface area (Å²) in [6.07, 6.45) is 0.672. The minimum absolute atomic E-state index is 0.0825. The number of sulfonamides is 1. The second kappa shape index (κ2) is 6.56. The van der Waals surface area contributed by atoms with Gasteiger partial charge in [0.1, 0.15) is 0 Å². The highest BCUT2D eigenvalue weighted by Crippen LogP contribution is 2.23. The molecule has 0 fully saturated rings. The third-order valence-electron chi connectivity index (χ3n) is 3.84. The number of rotatable bonds is 3. The minimum Gasteiger partial charge on any atom is -0.333 e. The number of H-pyrrole nitrogens is 1. The lowest BCUT2D eigenvalue weighted by molar-refractivity contribution is 0.183. The molecule has 10 nitrogen and oxygen atoms in total. The molecule has 0 saturated heterocycles. The van der Waals surface area contributed by atoms with Crippen LogP contribution in [-0.4, -0.2) is 52.1 Å². The number of hydrogen-bond donors (Lipinski definition) is 3. The van der Waals surface area contributed by atoms with Gasteiger partial charge in [-0.2, -0.15) is 5.21 Å². The fourth-order valence-corrected chi connectivity index (χ4v) is 3.65. The second-order valence-corrected chi connectivity index (χ2v) is 8.81. The summed E-state index contributed by atoms with van der Waals surface area (Å²) in [6, 6.07) is 4.72. The van der Waals surface area contributed by atoms with Gasteiger partial charge in [0.05, 0.1) is 4.90 Å². The lowest BCUT2D eigenvalue weighted by atomic mass is 10.00. The number of amides is 2. The van der Waals surface area contributed by atoms with E-state index in [1.54, 1.807) is 17.0 Å². The van der Waals surface area contributed by atoms with Crippen molar-refractivity contribution in [3.63, 3.8) is 0 Å². The molecule has 1 aliphatic rings. The van der Waals surface area contributed by atoms with Gasteiger partial charge in [0.15, 0.2) is 0 Å². The Labute approximate surface area is 151 Å². The Bertz CT molecular complexity index is 904. The fourth-order valence-electron chi connectivity index (χ4n) is 2.66. The van der Waals surface area contributed by atoms with Crippen LogP contribution in [-0.2, 0) is 23.0 Å². The van der Waals surface area contributed by atoms with Gasteiger partial charge in [0.2, 0.25) is 0 Å². The Morgan fingerprint density at radius 1 is 1.27 bits per heavy atom. The van der Waals surface area contributed by atoms with E-state index in [1.807, 2.05) is 20.8 Å². The van der Waals surface area contributed by atoms with Crippen molar-refractivity contribution in [1.29, 1.82) is 0 Å². The minimum atomic E-state index is -3.84. The summed E-state index contributed by atoms with van der Waals surface area (Å²) in [5.41, 5.74) is 1.50.